The molecule has 0 bridgehead atoms. The summed E-state index contributed by atoms with van der Waals surface area (Å²) < 4.78 is 5.37. The second-order valence-corrected chi connectivity index (χ2v) is 6.33. The highest BCUT2D eigenvalue weighted by Gasteiger charge is 2.30. The Hall–Kier alpha value is -0.900. The predicted molar refractivity (Wildman–Crippen MR) is 88.4 cm³/mol. The highest BCUT2D eigenvalue weighted by Crippen LogP contribution is 2.31. The Kier molecular flexibility index (Phi) is 6.22. The second-order valence-electron chi connectivity index (χ2n) is 6.33. The number of likely N-dealkylation sites (tertiary alicyclic amines) is 1. The maximum Gasteiger partial charge on any atom is 0.0502 e. The number of hydrogen-bond donors (Lipinski definition) is 1. The summed E-state index contributed by atoms with van der Waals surface area (Å²) in [7, 11) is 1.80. The van der Waals surface area contributed by atoms with Gasteiger partial charge < -0.3 is 10.5 Å². The first-order valence-electron chi connectivity index (χ1n) is 8.21. The van der Waals surface area contributed by atoms with Crippen LogP contribution in [0.3, 0.4) is 0 Å². The third-order valence-corrected chi connectivity index (χ3v) is 4.73. The molecule has 3 unspecified atom stereocenters. The van der Waals surface area contributed by atoms with Crippen LogP contribution in [0, 0.1) is 12.8 Å². The topological polar surface area (TPSA) is 38.5 Å². The largest absolute Gasteiger partial charge is 0.384 e. The van der Waals surface area contributed by atoms with Crippen molar-refractivity contribution in [2.75, 3.05) is 26.8 Å². The second kappa shape index (κ2) is 7.92. The number of benzene rings is 1. The zero-order chi connectivity index (χ0) is 15.2. The first-order chi connectivity index (χ1) is 10.2. The van der Waals surface area contributed by atoms with E-state index in [1.807, 2.05) is 0 Å². The molecule has 1 fully saturated rings. The summed E-state index contributed by atoms with van der Waals surface area (Å²) in [6.07, 6.45) is 3.52. The molecular formula is C18H30N2O. The molecule has 1 aromatic rings. The lowest BCUT2D eigenvalue weighted by Crippen LogP contribution is -2.46. The molecule has 1 aliphatic rings. The fraction of sp³-hybridized carbons (Fsp3) is 0.667. The van der Waals surface area contributed by atoms with E-state index in [1.54, 1.807) is 7.11 Å². The Bertz CT molecular complexity index is 433. The van der Waals surface area contributed by atoms with Crippen molar-refractivity contribution in [1.29, 1.82) is 0 Å². The van der Waals surface area contributed by atoms with Crippen molar-refractivity contribution in [3.8, 4) is 0 Å². The van der Waals surface area contributed by atoms with E-state index in [0.29, 0.717) is 12.0 Å². The Morgan fingerprint density at radius 3 is 2.81 bits per heavy atom. The third kappa shape index (κ3) is 4.06. The van der Waals surface area contributed by atoms with E-state index in [0.717, 1.165) is 26.1 Å². The van der Waals surface area contributed by atoms with E-state index in [4.69, 9.17) is 10.5 Å². The van der Waals surface area contributed by atoms with Crippen molar-refractivity contribution < 1.29 is 4.74 Å². The van der Waals surface area contributed by atoms with E-state index >= 15 is 0 Å². The molecule has 0 aliphatic carbocycles. The van der Waals surface area contributed by atoms with Crippen LogP contribution in [0.5, 0.6) is 0 Å². The summed E-state index contributed by atoms with van der Waals surface area (Å²) in [4.78, 5) is 2.59. The van der Waals surface area contributed by atoms with Crippen LogP contribution in [-0.2, 0) is 4.74 Å². The summed E-state index contributed by atoms with van der Waals surface area (Å²) in [6, 6.07) is 9.20. The Morgan fingerprint density at radius 1 is 1.38 bits per heavy atom. The van der Waals surface area contributed by atoms with Crippen molar-refractivity contribution in [2.45, 2.75) is 45.2 Å². The minimum absolute atomic E-state index is 0.187. The average Bonchev–Trinajstić information content (AvgIpc) is 2.50. The lowest BCUT2D eigenvalue weighted by molar-refractivity contribution is 0.0595. The molecule has 3 nitrogen and oxygen atoms in total. The molecule has 3 heteroatoms. The van der Waals surface area contributed by atoms with Crippen LogP contribution in [0.15, 0.2) is 24.3 Å². The van der Waals surface area contributed by atoms with Gasteiger partial charge in [-0.2, -0.15) is 0 Å². The Labute approximate surface area is 129 Å². The van der Waals surface area contributed by atoms with Crippen LogP contribution >= 0.6 is 0 Å². The van der Waals surface area contributed by atoms with Gasteiger partial charge in [0.15, 0.2) is 0 Å². The SMILES string of the molecule is CCC(N)C(c1ccccc1C)N1CCCC(COC)C1. The van der Waals surface area contributed by atoms with E-state index in [9.17, 15) is 0 Å². The van der Waals surface area contributed by atoms with Gasteiger partial charge in [-0.3, -0.25) is 4.90 Å². The Balaban J connectivity index is 2.22. The van der Waals surface area contributed by atoms with Gasteiger partial charge in [-0.25, -0.2) is 0 Å². The fourth-order valence-electron chi connectivity index (χ4n) is 3.56. The number of aryl methyl sites for hydroxylation is 1. The molecule has 118 valence electrons. The predicted octanol–water partition coefficient (Wildman–Crippen LogP) is 3.13. The maximum absolute atomic E-state index is 6.50. The van der Waals surface area contributed by atoms with Gasteiger partial charge in [0, 0.05) is 19.7 Å². The number of methoxy groups -OCH3 is 1. The van der Waals surface area contributed by atoms with E-state index in [1.165, 1.54) is 24.0 Å². The number of nitrogens with two attached hydrogens (primary N) is 1. The van der Waals surface area contributed by atoms with Crippen LogP contribution in [0.1, 0.15) is 43.4 Å². The van der Waals surface area contributed by atoms with Crippen molar-refractivity contribution in [3.63, 3.8) is 0 Å². The standard InChI is InChI=1S/C18H30N2O/c1-4-17(19)18(16-10-6-5-8-14(16)2)20-11-7-9-15(12-20)13-21-3/h5-6,8,10,15,17-18H,4,7,9,11-13,19H2,1-3H3. The Morgan fingerprint density at radius 2 is 2.14 bits per heavy atom. The van der Waals surface area contributed by atoms with Crippen molar-refractivity contribution >= 4 is 0 Å². The molecule has 1 saturated heterocycles. The summed E-state index contributed by atoms with van der Waals surface area (Å²) in [5.41, 5.74) is 9.24. The number of rotatable bonds is 6. The summed E-state index contributed by atoms with van der Waals surface area (Å²) >= 11 is 0. The molecular weight excluding hydrogens is 260 g/mol. The normalized spacial score (nSPS) is 23.0. The van der Waals surface area contributed by atoms with E-state index in [-0.39, 0.29) is 6.04 Å². The molecule has 0 aromatic heterocycles. The summed E-state index contributed by atoms with van der Waals surface area (Å²) in [5.74, 6) is 0.638. The van der Waals surface area contributed by atoms with E-state index in [2.05, 4.69) is 43.0 Å². The van der Waals surface area contributed by atoms with Crippen LogP contribution in [0.2, 0.25) is 0 Å². The molecule has 0 radical (unpaired) electrons. The van der Waals surface area contributed by atoms with Gasteiger partial charge in [0.1, 0.15) is 0 Å². The lowest BCUT2D eigenvalue weighted by Gasteiger charge is -2.41. The van der Waals surface area contributed by atoms with Gasteiger partial charge in [0.05, 0.1) is 12.6 Å². The molecule has 2 N–H and O–H groups in total. The summed E-state index contributed by atoms with van der Waals surface area (Å²) in [5, 5.41) is 0. The highest BCUT2D eigenvalue weighted by molar-refractivity contribution is 5.30. The van der Waals surface area contributed by atoms with Crippen molar-refractivity contribution in [1.82, 2.24) is 4.90 Å². The fourth-order valence-corrected chi connectivity index (χ4v) is 3.56. The molecule has 1 aliphatic heterocycles. The van der Waals surface area contributed by atoms with Crippen molar-refractivity contribution in [2.24, 2.45) is 11.7 Å². The first kappa shape index (κ1) is 16.5. The van der Waals surface area contributed by atoms with Crippen LogP contribution in [0.25, 0.3) is 0 Å². The lowest BCUT2D eigenvalue weighted by atomic mass is 9.89. The molecule has 3 atom stereocenters. The van der Waals surface area contributed by atoms with Gasteiger partial charge in [0.2, 0.25) is 0 Å². The average molecular weight is 290 g/mol. The number of piperidine rings is 1. The van der Waals surface area contributed by atoms with E-state index < -0.39 is 0 Å². The molecule has 0 spiro atoms. The minimum Gasteiger partial charge on any atom is -0.384 e. The van der Waals surface area contributed by atoms with Gasteiger partial charge >= 0.3 is 0 Å². The quantitative estimate of drug-likeness (QED) is 0.875. The maximum atomic E-state index is 6.50. The zero-order valence-corrected chi connectivity index (χ0v) is 13.7. The number of hydrogen-bond acceptors (Lipinski definition) is 3. The molecule has 0 amide bonds. The molecule has 1 aromatic carbocycles. The molecule has 2 rings (SSSR count). The number of ether oxygens (including phenoxy) is 1. The van der Waals surface area contributed by atoms with Crippen molar-refractivity contribution in [3.05, 3.63) is 35.4 Å². The van der Waals surface area contributed by atoms with Crippen LogP contribution in [0.4, 0.5) is 0 Å². The third-order valence-electron chi connectivity index (χ3n) is 4.73. The minimum atomic E-state index is 0.187. The van der Waals surface area contributed by atoms with Gasteiger partial charge in [-0.1, -0.05) is 31.2 Å². The highest BCUT2D eigenvalue weighted by atomic mass is 16.5. The van der Waals surface area contributed by atoms with Gasteiger partial charge in [-0.15, -0.1) is 0 Å². The molecule has 1 heterocycles. The monoisotopic (exact) mass is 290 g/mol. The molecule has 0 saturated carbocycles. The van der Waals surface area contributed by atoms with Crippen LogP contribution < -0.4 is 5.73 Å². The van der Waals surface area contributed by atoms with Crippen LogP contribution in [-0.4, -0.2) is 37.7 Å². The van der Waals surface area contributed by atoms with Gasteiger partial charge in [-0.05, 0) is 49.8 Å². The smallest absolute Gasteiger partial charge is 0.0502 e. The van der Waals surface area contributed by atoms with Gasteiger partial charge in [0.25, 0.3) is 0 Å². The summed E-state index contributed by atoms with van der Waals surface area (Å²) in [6.45, 7) is 7.49. The zero-order valence-electron chi connectivity index (χ0n) is 13.7. The first-order valence-corrected chi connectivity index (χ1v) is 8.21. The number of nitrogens with zero attached hydrogens (tertiary/aromatic N) is 1. The molecule has 21 heavy (non-hydrogen) atoms.